The van der Waals surface area contributed by atoms with Crippen molar-refractivity contribution in [2.75, 3.05) is 13.1 Å². The van der Waals surface area contributed by atoms with E-state index < -0.39 is 12.0 Å². The smallest absolute Gasteiger partial charge is 0.366 e. The van der Waals surface area contributed by atoms with Gasteiger partial charge in [0.05, 0.1) is 0 Å². The van der Waals surface area contributed by atoms with Gasteiger partial charge in [0.1, 0.15) is 0 Å². The lowest BCUT2D eigenvalue weighted by Gasteiger charge is -2.28. The van der Waals surface area contributed by atoms with Crippen LogP contribution in [-0.2, 0) is 4.89 Å². The molecule has 1 heterocycles. The van der Waals surface area contributed by atoms with E-state index in [1.54, 1.807) is 18.2 Å². The molecule has 1 aliphatic rings. The predicted octanol–water partition coefficient (Wildman–Crippen LogP) is 0.922. The number of carbonyl (C=O) groups is 2. The maximum Gasteiger partial charge on any atom is 0.452 e. The fraction of sp³-hybridized carbons (Fsp3) is 0.273. The number of hydrogen-bond acceptors (Lipinski definition) is 4. The molecule has 1 saturated heterocycles. The highest BCUT2D eigenvalue weighted by Gasteiger charge is 2.22. The Kier molecular flexibility index (Phi) is 3.13. The molecule has 1 aromatic rings. The van der Waals surface area contributed by atoms with Crippen LogP contribution in [0.1, 0.15) is 16.8 Å². The molecule has 1 aliphatic heterocycles. The van der Waals surface area contributed by atoms with Crippen molar-refractivity contribution in [1.82, 2.24) is 4.90 Å². The molecule has 1 fully saturated rings. The molecule has 0 saturated carbocycles. The minimum Gasteiger partial charge on any atom is -0.366 e. The van der Waals surface area contributed by atoms with Gasteiger partial charge in [0.2, 0.25) is 5.91 Å². The zero-order chi connectivity index (χ0) is 12.3. The highest BCUT2D eigenvalue weighted by atomic mass is 17.2. The summed E-state index contributed by atoms with van der Waals surface area (Å²) in [5.74, 6) is -0.306. The third-order valence-electron chi connectivity index (χ3n) is 2.44. The van der Waals surface area contributed by atoms with Crippen LogP contribution in [-0.4, -0.2) is 30.0 Å². The number of benzene rings is 1. The fourth-order valence-electron chi connectivity index (χ4n) is 1.34. The molecule has 2 amide bonds. The first-order valence-corrected chi connectivity index (χ1v) is 5.20. The van der Waals surface area contributed by atoms with Crippen LogP contribution in [0.2, 0.25) is 0 Å². The Morgan fingerprint density at radius 1 is 1.29 bits per heavy atom. The molecule has 90 valence electrons. The summed E-state index contributed by atoms with van der Waals surface area (Å²) in [4.78, 5) is 33.1. The molecule has 17 heavy (non-hydrogen) atoms. The van der Waals surface area contributed by atoms with E-state index in [9.17, 15) is 9.59 Å². The molecule has 2 N–H and O–H groups in total. The SMILES string of the molecule is NC(=O)c1cccc(OOC(=O)N2CCC2)c1. The normalized spacial score (nSPS) is 13.8. The van der Waals surface area contributed by atoms with Gasteiger partial charge in [-0.3, -0.25) is 9.68 Å². The molecule has 0 spiro atoms. The minimum absolute atomic E-state index is 0.259. The van der Waals surface area contributed by atoms with E-state index in [4.69, 9.17) is 10.6 Å². The molecule has 1 aromatic carbocycles. The van der Waals surface area contributed by atoms with E-state index in [1.807, 2.05) is 0 Å². The van der Waals surface area contributed by atoms with E-state index in [2.05, 4.69) is 4.89 Å². The molecular weight excluding hydrogens is 224 g/mol. The number of hydrogen-bond donors (Lipinski definition) is 1. The Bertz CT molecular complexity index is 443. The molecule has 2 rings (SSSR count). The maximum absolute atomic E-state index is 11.3. The molecule has 0 atom stereocenters. The number of carbonyl (C=O) groups excluding carboxylic acids is 2. The Hall–Kier alpha value is -2.24. The predicted molar refractivity (Wildman–Crippen MR) is 58.3 cm³/mol. The van der Waals surface area contributed by atoms with Gasteiger partial charge in [-0.25, -0.2) is 9.68 Å². The second kappa shape index (κ2) is 4.73. The fourth-order valence-corrected chi connectivity index (χ4v) is 1.34. The Morgan fingerprint density at radius 2 is 2.06 bits per heavy atom. The number of nitrogens with two attached hydrogens (primary N) is 1. The van der Waals surface area contributed by atoms with E-state index in [1.165, 1.54) is 11.0 Å². The van der Waals surface area contributed by atoms with Crippen molar-refractivity contribution in [3.05, 3.63) is 29.8 Å². The summed E-state index contributed by atoms with van der Waals surface area (Å²) in [6.45, 7) is 1.37. The number of likely N-dealkylation sites (tertiary alicyclic amines) is 1. The van der Waals surface area contributed by atoms with Gasteiger partial charge >= 0.3 is 6.09 Å². The largest absolute Gasteiger partial charge is 0.452 e. The summed E-state index contributed by atoms with van der Waals surface area (Å²) in [7, 11) is 0. The first-order valence-electron chi connectivity index (χ1n) is 5.20. The van der Waals surface area contributed by atoms with Crippen molar-refractivity contribution in [3.63, 3.8) is 0 Å². The minimum atomic E-state index is -0.565. The summed E-state index contributed by atoms with van der Waals surface area (Å²) in [6.07, 6.45) is 0.451. The van der Waals surface area contributed by atoms with Gasteiger partial charge in [-0.2, -0.15) is 0 Å². The summed E-state index contributed by atoms with van der Waals surface area (Å²) < 4.78 is 0. The van der Waals surface area contributed by atoms with Gasteiger partial charge in [-0.15, -0.1) is 0 Å². The Balaban J connectivity index is 1.91. The lowest BCUT2D eigenvalue weighted by molar-refractivity contribution is -0.157. The molecular formula is C11H12N2O4. The van der Waals surface area contributed by atoms with Crippen LogP contribution in [0, 0.1) is 0 Å². The standard InChI is InChI=1S/C11H12N2O4/c12-10(14)8-3-1-4-9(7-8)16-17-11(15)13-5-2-6-13/h1,3-4,7H,2,5-6H2,(H2,12,14). The third kappa shape index (κ3) is 2.66. The van der Waals surface area contributed by atoms with Crippen molar-refractivity contribution in [2.45, 2.75) is 6.42 Å². The monoisotopic (exact) mass is 236 g/mol. The first kappa shape index (κ1) is 11.3. The zero-order valence-corrected chi connectivity index (χ0v) is 9.09. The topological polar surface area (TPSA) is 81.9 Å². The quantitative estimate of drug-likeness (QED) is 0.625. The van der Waals surface area contributed by atoms with Crippen LogP contribution in [0.3, 0.4) is 0 Å². The van der Waals surface area contributed by atoms with Crippen LogP contribution in [0.4, 0.5) is 4.79 Å². The highest BCUT2D eigenvalue weighted by Crippen LogP contribution is 2.14. The van der Waals surface area contributed by atoms with Crippen molar-refractivity contribution < 1.29 is 19.4 Å². The Labute approximate surface area is 97.8 Å². The van der Waals surface area contributed by atoms with Crippen LogP contribution in [0.25, 0.3) is 0 Å². The van der Waals surface area contributed by atoms with E-state index in [0.29, 0.717) is 18.7 Å². The van der Waals surface area contributed by atoms with Gasteiger partial charge in [-0.05, 0) is 24.6 Å². The second-order valence-electron chi connectivity index (χ2n) is 3.67. The molecule has 0 aliphatic carbocycles. The van der Waals surface area contributed by atoms with Crippen molar-refractivity contribution in [3.8, 4) is 5.75 Å². The molecule has 6 heteroatoms. The molecule has 0 radical (unpaired) electrons. The van der Waals surface area contributed by atoms with Crippen molar-refractivity contribution in [2.24, 2.45) is 5.73 Å². The van der Waals surface area contributed by atoms with Gasteiger partial charge in [0.25, 0.3) is 0 Å². The Morgan fingerprint density at radius 3 is 2.65 bits per heavy atom. The van der Waals surface area contributed by atoms with Gasteiger partial charge in [-0.1, -0.05) is 6.07 Å². The van der Waals surface area contributed by atoms with Crippen LogP contribution in [0.15, 0.2) is 24.3 Å². The second-order valence-corrected chi connectivity index (χ2v) is 3.67. The highest BCUT2D eigenvalue weighted by molar-refractivity contribution is 5.93. The van der Waals surface area contributed by atoms with Gasteiger partial charge in [0, 0.05) is 18.7 Å². The molecule has 0 bridgehead atoms. The van der Waals surface area contributed by atoms with Crippen LogP contribution in [0.5, 0.6) is 5.75 Å². The number of rotatable bonds is 3. The average Bonchev–Trinajstić information content (AvgIpc) is 2.24. The maximum atomic E-state index is 11.3. The summed E-state index contributed by atoms with van der Waals surface area (Å²) in [5.41, 5.74) is 5.40. The zero-order valence-electron chi connectivity index (χ0n) is 9.09. The molecule has 0 aromatic heterocycles. The molecule has 6 nitrogen and oxygen atoms in total. The van der Waals surface area contributed by atoms with E-state index >= 15 is 0 Å². The van der Waals surface area contributed by atoms with E-state index in [0.717, 1.165) is 6.42 Å². The van der Waals surface area contributed by atoms with Crippen molar-refractivity contribution in [1.29, 1.82) is 0 Å². The van der Waals surface area contributed by atoms with Crippen LogP contribution >= 0.6 is 0 Å². The lowest BCUT2D eigenvalue weighted by Crippen LogP contribution is -2.42. The summed E-state index contributed by atoms with van der Waals surface area (Å²) in [6, 6.07) is 6.11. The lowest BCUT2D eigenvalue weighted by atomic mass is 10.2. The third-order valence-corrected chi connectivity index (χ3v) is 2.44. The number of nitrogens with zero attached hydrogens (tertiary/aromatic N) is 1. The number of primary amides is 1. The van der Waals surface area contributed by atoms with Crippen LogP contribution < -0.4 is 10.6 Å². The first-order chi connectivity index (χ1) is 8.16. The van der Waals surface area contributed by atoms with E-state index in [-0.39, 0.29) is 5.75 Å². The number of amides is 2. The summed E-state index contributed by atoms with van der Waals surface area (Å²) >= 11 is 0. The average molecular weight is 236 g/mol. The summed E-state index contributed by atoms with van der Waals surface area (Å²) in [5, 5.41) is 0. The van der Waals surface area contributed by atoms with Crippen molar-refractivity contribution >= 4 is 12.0 Å². The van der Waals surface area contributed by atoms with Gasteiger partial charge in [0.15, 0.2) is 5.75 Å². The molecule has 0 unspecified atom stereocenters. The van der Waals surface area contributed by atoms with Gasteiger partial charge < -0.3 is 10.6 Å².